The molecule has 2 heterocycles. The van der Waals surface area contributed by atoms with E-state index < -0.39 is 0 Å². The maximum atomic E-state index is 5.49. The maximum Gasteiger partial charge on any atom is 0.0935 e. The van der Waals surface area contributed by atoms with Gasteiger partial charge in [0.15, 0.2) is 0 Å². The molecule has 1 aromatic heterocycles. The Morgan fingerprint density at radius 1 is 1.45 bits per heavy atom. The lowest BCUT2D eigenvalue weighted by Crippen LogP contribution is -2.32. The van der Waals surface area contributed by atoms with E-state index >= 15 is 0 Å². The van der Waals surface area contributed by atoms with E-state index in [9.17, 15) is 0 Å². The molecular weight excluding hydrogens is 268 g/mol. The van der Waals surface area contributed by atoms with Crippen LogP contribution in [0.2, 0.25) is 0 Å². The van der Waals surface area contributed by atoms with Gasteiger partial charge in [-0.25, -0.2) is 4.98 Å². The third-order valence-corrected chi connectivity index (χ3v) is 5.66. The van der Waals surface area contributed by atoms with Gasteiger partial charge in [0.05, 0.1) is 10.7 Å². The van der Waals surface area contributed by atoms with Gasteiger partial charge in [-0.3, -0.25) is 0 Å². The zero-order chi connectivity index (χ0) is 14.2. The zero-order valence-electron chi connectivity index (χ0n) is 12.9. The van der Waals surface area contributed by atoms with Crippen molar-refractivity contribution in [3.05, 3.63) is 15.6 Å². The highest BCUT2D eigenvalue weighted by atomic mass is 32.1. The van der Waals surface area contributed by atoms with E-state index in [0.717, 1.165) is 32.6 Å². The van der Waals surface area contributed by atoms with Crippen LogP contribution >= 0.6 is 11.3 Å². The van der Waals surface area contributed by atoms with Gasteiger partial charge in [0.25, 0.3) is 0 Å². The van der Waals surface area contributed by atoms with Gasteiger partial charge >= 0.3 is 0 Å². The lowest BCUT2D eigenvalue weighted by Gasteiger charge is -2.34. The van der Waals surface area contributed by atoms with Gasteiger partial charge in [-0.15, -0.1) is 11.3 Å². The van der Waals surface area contributed by atoms with E-state index in [1.807, 2.05) is 11.3 Å². The highest BCUT2D eigenvalue weighted by Gasteiger charge is 2.34. The summed E-state index contributed by atoms with van der Waals surface area (Å²) in [6.45, 7) is 9.81. The highest BCUT2D eigenvalue weighted by molar-refractivity contribution is 7.11. The number of hydrogen-bond donors (Lipinski definition) is 1. The number of ether oxygens (including phenoxy) is 1. The van der Waals surface area contributed by atoms with Crippen molar-refractivity contribution in [1.29, 1.82) is 0 Å². The molecule has 2 unspecified atom stereocenters. The van der Waals surface area contributed by atoms with E-state index in [2.05, 4.69) is 26.1 Å². The first-order valence-corrected chi connectivity index (χ1v) is 8.68. The van der Waals surface area contributed by atoms with Crippen molar-refractivity contribution in [2.75, 3.05) is 19.8 Å². The Bertz CT molecular complexity index is 463. The Balaban J connectivity index is 1.80. The van der Waals surface area contributed by atoms with Crippen LogP contribution in [0, 0.1) is 11.3 Å². The van der Waals surface area contributed by atoms with Gasteiger partial charge in [0.1, 0.15) is 0 Å². The van der Waals surface area contributed by atoms with E-state index in [-0.39, 0.29) is 0 Å². The number of hydrogen-bond acceptors (Lipinski definition) is 4. The molecule has 20 heavy (non-hydrogen) atoms. The van der Waals surface area contributed by atoms with Crippen LogP contribution in [0.1, 0.15) is 55.2 Å². The topological polar surface area (TPSA) is 34.2 Å². The third kappa shape index (κ3) is 3.07. The monoisotopic (exact) mass is 294 g/mol. The van der Waals surface area contributed by atoms with Crippen molar-refractivity contribution >= 4 is 11.3 Å². The van der Waals surface area contributed by atoms with Crippen LogP contribution < -0.4 is 5.32 Å². The van der Waals surface area contributed by atoms with E-state index in [1.165, 1.54) is 28.4 Å². The van der Waals surface area contributed by atoms with Crippen molar-refractivity contribution < 1.29 is 4.74 Å². The molecule has 2 aliphatic rings. The second-order valence-electron chi connectivity index (χ2n) is 7.01. The maximum absolute atomic E-state index is 5.49. The number of aromatic nitrogens is 1. The molecule has 1 saturated heterocycles. The molecule has 1 aliphatic heterocycles. The molecule has 0 spiro atoms. The smallest absolute Gasteiger partial charge is 0.0935 e. The fraction of sp³-hybridized carbons (Fsp3) is 0.812. The standard InChI is InChI=1S/C16H26N2OS/c1-4-17-12-8-16(2,3)9-13-15(12)20-14(18-13)7-11-5-6-19-10-11/h11-12,17H,4-10H2,1-3H3. The average Bonchev–Trinajstić information content (AvgIpc) is 2.98. The summed E-state index contributed by atoms with van der Waals surface area (Å²) in [5.41, 5.74) is 1.72. The molecule has 3 nitrogen and oxygen atoms in total. The molecular formula is C16H26N2OS. The summed E-state index contributed by atoms with van der Waals surface area (Å²) in [6, 6.07) is 0.504. The van der Waals surface area contributed by atoms with Gasteiger partial charge in [-0.1, -0.05) is 20.8 Å². The fourth-order valence-corrected chi connectivity index (χ4v) is 4.75. The number of nitrogens with one attached hydrogen (secondary N) is 1. The molecule has 0 saturated carbocycles. The van der Waals surface area contributed by atoms with Gasteiger partial charge in [-0.2, -0.15) is 0 Å². The van der Waals surface area contributed by atoms with Crippen LogP contribution in [0.25, 0.3) is 0 Å². The molecule has 1 N–H and O–H groups in total. The first-order valence-electron chi connectivity index (χ1n) is 7.87. The number of rotatable bonds is 4. The zero-order valence-corrected chi connectivity index (χ0v) is 13.7. The van der Waals surface area contributed by atoms with Crippen molar-refractivity contribution in [2.45, 2.75) is 52.5 Å². The summed E-state index contributed by atoms with van der Waals surface area (Å²) in [4.78, 5) is 6.47. The Morgan fingerprint density at radius 2 is 2.30 bits per heavy atom. The molecule has 3 rings (SSSR count). The van der Waals surface area contributed by atoms with Crippen LogP contribution in [0.15, 0.2) is 0 Å². The number of nitrogens with zero attached hydrogens (tertiary/aromatic N) is 1. The number of thiazole rings is 1. The molecule has 0 amide bonds. The molecule has 1 aliphatic carbocycles. The Hall–Kier alpha value is -0.450. The van der Waals surface area contributed by atoms with Crippen molar-refractivity contribution in [2.24, 2.45) is 11.3 Å². The summed E-state index contributed by atoms with van der Waals surface area (Å²) in [5, 5.41) is 4.97. The van der Waals surface area contributed by atoms with Crippen LogP contribution in [0.5, 0.6) is 0 Å². The summed E-state index contributed by atoms with van der Waals surface area (Å²) >= 11 is 1.94. The van der Waals surface area contributed by atoms with E-state index in [0.29, 0.717) is 17.4 Å². The summed E-state index contributed by atoms with van der Waals surface area (Å²) in [5.74, 6) is 0.688. The van der Waals surface area contributed by atoms with Crippen LogP contribution in [0.4, 0.5) is 0 Å². The molecule has 1 fully saturated rings. The lowest BCUT2D eigenvalue weighted by atomic mass is 9.76. The first kappa shape index (κ1) is 14.5. The average molecular weight is 294 g/mol. The highest BCUT2D eigenvalue weighted by Crippen LogP contribution is 2.43. The van der Waals surface area contributed by atoms with Gasteiger partial charge in [0, 0.05) is 30.6 Å². The number of fused-ring (bicyclic) bond motifs is 1. The summed E-state index contributed by atoms with van der Waals surface area (Å²) in [7, 11) is 0. The lowest BCUT2D eigenvalue weighted by molar-refractivity contribution is 0.186. The molecule has 0 bridgehead atoms. The Labute approximate surface area is 126 Å². The minimum absolute atomic E-state index is 0.363. The van der Waals surface area contributed by atoms with Gasteiger partial charge in [-0.05, 0) is 37.1 Å². The first-order chi connectivity index (χ1) is 9.57. The molecule has 0 aromatic carbocycles. The van der Waals surface area contributed by atoms with Crippen LogP contribution in [-0.2, 0) is 17.6 Å². The second kappa shape index (κ2) is 5.74. The van der Waals surface area contributed by atoms with Crippen LogP contribution in [0.3, 0.4) is 0 Å². The predicted octanol–water partition coefficient (Wildman–Crippen LogP) is 3.35. The van der Waals surface area contributed by atoms with E-state index in [1.54, 1.807) is 0 Å². The van der Waals surface area contributed by atoms with Crippen molar-refractivity contribution in [3.63, 3.8) is 0 Å². The molecule has 4 heteroatoms. The quantitative estimate of drug-likeness (QED) is 0.925. The van der Waals surface area contributed by atoms with Gasteiger partial charge < -0.3 is 10.1 Å². The molecule has 2 atom stereocenters. The van der Waals surface area contributed by atoms with Gasteiger partial charge in [0.2, 0.25) is 0 Å². The third-order valence-electron chi connectivity index (χ3n) is 4.43. The van der Waals surface area contributed by atoms with Crippen molar-refractivity contribution in [1.82, 2.24) is 10.3 Å². The molecule has 0 radical (unpaired) electrons. The largest absolute Gasteiger partial charge is 0.381 e. The second-order valence-corrected chi connectivity index (χ2v) is 8.12. The Kier molecular flexibility index (Phi) is 4.16. The minimum Gasteiger partial charge on any atom is -0.381 e. The fourth-order valence-electron chi connectivity index (χ4n) is 3.47. The summed E-state index contributed by atoms with van der Waals surface area (Å²) < 4.78 is 5.49. The predicted molar refractivity (Wildman–Crippen MR) is 83.3 cm³/mol. The normalized spacial score (nSPS) is 28.6. The molecule has 112 valence electrons. The van der Waals surface area contributed by atoms with Crippen LogP contribution in [-0.4, -0.2) is 24.7 Å². The SMILES string of the molecule is CCNC1CC(C)(C)Cc2nc(CC3CCOC3)sc21. The van der Waals surface area contributed by atoms with Crippen molar-refractivity contribution in [3.8, 4) is 0 Å². The molecule has 1 aromatic rings. The summed E-state index contributed by atoms with van der Waals surface area (Å²) in [6.07, 6.45) is 4.66. The van der Waals surface area contributed by atoms with E-state index in [4.69, 9.17) is 9.72 Å². The Morgan fingerprint density at radius 3 is 3.00 bits per heavy atom. The minimum atomic E-state index is 0.363.